The van der Waals surface area contributed by atoms with Crippen LogP contribution in [0.3, 0.4) is 0 Å². The average molecular weight is 830 g/mol. The molecule has 0 N–H and O–H groups in total. The fourth-order valence-electron chi connectivity index (χ4n) is 8.86. The third-order valence-corrected chi connectivity index (χ3v) is 11.6. The number of para-hydroxylation sites is 2. The van der Waals surface area contributed by atoms with Crippen molar-refractivity contribution < 1.29 is 13.2 Å². The maximum Gasteiger partial charge on any atom is 0.420 e. The maximum absolute atomic E-state index is 16.6. The van der Waals surface area contributed by atoms with Crippen LogP contribution in [0.2, 0.25) is 0 Å². The van der Waals surface area contributed by atoms with Crippen LogP contribution in [0.15, 0.2) is 158 Å². The summed E-state index contributed by atoms with van der Waals surface area (Å²) in [5.41, 5.74) is 5.28. The summed E-state index contributed by atoms with van der Waals surface area (Å²) in [6, 6.07) is 55.3. The van der Waals surface area contributed by atoms with Gasteiger partial charge in [0.2, 0.25) is 0 Å². The molecule has 0 saturated heterocycles. The van der Waals surface area contributed by atoms with E-state index in [1.165, 1.54) is 24.3 Å². The van der Waals surface area contributed by atoms with Crippen molar-refractivity contribution in [3.05, 3.63) is 191 Å². The molecule has 8 aromatic carbocycles. The van der Waals surface area contributed by atoms with Crippen molar-refractivity contribution in [3.63, 3.8) is 0 Å². The van der Waals surface area contributed by atoms with E-state index in [9.17, 15) is 26.3 Å². The van der Waals surface area contributed by atoms with Gasteiger partial charge in [-0.15, -0.1) is 0 Å². The molecule has 10 aromatic rings. The van der Waals surface area contributed by atoms with E-state index >= 15 is 13.2 Å². The second-order valence-electron chi connectivity index (χ2n) is 15.3. The highest BCUT2D eigenvalue weighted by Crippen LogP contribution is 2.47. The summed E-state index contributed by atoms with van der Waals surface area (Å²) in [4.78, 5) is 0. The molecule has 2 heterocycles. The van der Waals surface area contributed by atoms with Crippen LogP contribution in [0.1, 0.15) is 33.4 Å². The monoisotopic (exact) mass is 829 g/mol. The molecule has 0 saturated carbocycles. The summed E-state index contributed by atoms with van der Waals surface area (Å²) < 4.78 is 53.0. The fourth-order valence-corrected chi connectivity index (χ4v) is 8.86. The number of benzene rings is 8. The number of alkyl halides is 3. The predicted octanol–water partition coefficient (Wildman–Crippen LogP) is 13.3. The van der Waals surface area contributed by atoms with Crippen LogP contribution in [0.25, 0.3) is 88.4 Å². The molecule has 0 unspecified atom stereocenters. The van der Waals surface area contributed by atoms with Crippen molar-refractivity contribution in [1.29, 1.82) is 26.3 Å². The normalized spacial score (nSPS) is 11.3. The van der Waals surface area contributed by atoms with Gasteiger partial charge in [-0.2, -0.15) is 39.5 Å². The van der Waals surface area contributed by atoms with Crippen LogP contribution >= 0.6 is 0 Å². The number of fused-ring (bicyclic) bond motifs is 6. The number of aromatic nitrogens is 2. The van der Waals surface area contributed by atoms with Crippen LogP contribution < -0.4 is 0 Å². The lowest BCUT2D eigenvalue weighted by atomic mass is 9.97. The van der Waals surface area contributed by atoms with Crippen molar-refractivity contribution in [2.24, 2.45) is 0 Å². The molecule has 10 heteroatoms. The van der Waals surface area contributed by atoms with Gasteiger partial charge in [0, 0.05) is 21.5 Å². The van der Waals surface area contributed by atoms with Crippen molar-refractivity contribution >= 4 is 43.6 Å². The van der Waals surface area contributed by atoms with Gasteiger partial charge < -0.3 is 9.13 Å². The lowest BCUT2D eigenvalue weighted by Crippen LogP contribution is -2.16. The molecule has 0 atom stereocenters. The first-order valence-electron chi connectivity index (χ1n) is 19.8. The van der Waals surface area contributed by atoms with Gasteiger partial charge in [0.05, 0.1) is 91.6 Å². The number of halogens is 3. The molecule has 10 rings (SSSR count). The van der Waals surface area contributed by atoms with Crippen LogP contribution in [0, 0.1) is 56.7 Å². The molecule has 2 aromatic heterocycles. The number of nitrogens with zero attached hydrogens (tertiary/aromatic N) is 7. The van der Waals surface area contributed by atoms with E-state index in [2.05, 4.69) is 30.3 Å². The Hall–Kier alpha value is -9.40. The minimum atomic E-state index is -4.95. The molecule has 0 bridgehead atoms. The topological polar surface area (TPSA) is 129 Å². The largest absolute Gasteiger partial charge is 0.420 e. The first-order valence-corrected chi connectivity index (χ1v) is 19.8. The van der Waals surface area contributed by atoms with E-state index in [0.717, 1.165) is 0 Å². The Bertz CT molecular complexity index is 3570. The van der Waals surface area contributed by atoms with Crippen LogP contribution in [-0.2, 0) is 6.18 Å². The zero-order valence-corrected chi connectivity index (χ0v) is 33.3. The smallest absolute Gasteiger partial charge is 0.309 e. The van der Waals surface area contributed by atoms with Crippen molar-refractivity contribution in [1.82, 2.24) is 9.13 Å². The molecule has 0 spiro atoms. The summed E-state index contributed by atoms with van der Waals surface area (Å²) in [5.74, 6) is 0. The molecule has 7 nitrogen and oxygen atoms in total. The third-order valence-electron chi connectivity index (χ3n) is 11.6. The summed E-state index contributed by atoms with van der Waals surface area (Å²) in [5, 5.41) is 51.9. The lowest BCUT2D eigenvalue weighted by molar-refractivity contribution is -0.137. The fraction of sp³-hybridized carbons (Fsp3) is 0.0185. The molecule has 0 amide bonds. The highest BCUT2D eigenvalue weighted by molar-refractivity contribution is 6.12. The first kappa shape index (κ1) is 38.8. The van der Waals surface area contributed by atoms with E-state index in [-0.39, 0.29) is 33.6 Å². The van der Waals surface area contributed by atoms with Crippen LogP contribution in [-0.4, -0.2) is 9.13 Å². The third kappa shape index (κ3) is 6.34. The summed E-state index contributed by atoms with van der Waals surface area (Å²) in [6.45, 7) is 0. The molecule has 298 valence electrons. The molecular weight excluding hydrogens is 804 g/mol. The van der Waals surface area contributed by atoms with Crippen LogP contribution in [0.5, 0.6) is 0 Å². The summed E-state index contributed by atoms with van der Waals surface area (Å²) in [7, 11) is 0. The Morgan fingerprint density at radius 2 is 0.703 bits per heavy atom. The first-order chi connectivity index (χ1) is 31.1. The second kappa shape index (κ2) is 14.9. The Kier molecular flexibility index (Phi) is 9.06. The lowest BCUT2D eigenvalue weighted by Gasteiger charge is -2.23. The Labute approximate surface area is 363 Å². The zero-order valence-electron chi connectivity index (χ0n) is 33.3. The zero-order chi connectivity index (χ0) is 44.3. The Morgan fingerprint density at radius 3 is 1.12 bits per heavy atom. The Balaban J connectivity index is 1.36. The quantitative estimate of drug-likeness (QED) is 0.171. The van der Waals surface area contributed by atoms with Gasteiger partial charge in [0.25, 0.3) is 0 Å². The molecule has 64 heavy (non-hydrogen) atoms. The molecule has 0 radical (unpaired) electrons. The van der Waals surface area contributed by atoms with Gasteiger partial charge in [-0.05, 0) is 118 Å². The van der Waals surface area contributed by atoms with Gasteiger partial charge in [0.1, 0.15) is 5.56 Å². The number of hydrogen-bond acceptors (Lipinski definition) is 5. The van der Waals surface area contributed by atoms with Gasteiger partial charge in [0.15, 0.2) is 0 Å². The van der Waals surface area contributed by atoms with Crippen molar-refractivity contribution in [2.45, 2.75) is 6.18 Å². The van der Waals surface area contributed by atoms with Gasteiger partial charge >= 0.3 is 6.18 Å². The minimum Gasteiger partial charge on any atom is -0.309 e. The summed E-state index contributed by atoms with van der Waals surface area (Å²) in [6.07, 6.45) is -4.95. The van der Waals surface area contributed by atoms with Gasteiger partial charge in [-0.3, -0.25) is 0 Å². The van der Waals surface area contributed by atoms with Gasteiger partial charge in [-0.25, -0.2) is 0 Å². The second-order valence-corrected chi connectivity index (χ2v) is 15.3. The maximum atomic E-state index is 16.6. The molecule has 0 fully saturated rings. The average Bonchev–Trinajstić information content (AvgIpc) is 3.84. The van der Waals surface area contributed by atoms with E-state index in [0.29, 0.717) is 82.6 Å². The van der Waals surface area contributed by atoms with Gasteiger partial charge in [-0.1, -0.05) is 72.8 Å². The van der Waals surface area contributed by atoms with E-state index in [1.54, 1.807) is 94.1 Å². The highest BCUT2D eigenvalue weighted by atomic mass is 19.4. The number of nitriles is 5. The number of hydrogen-bond donors (Lipinski definition) is 0. The van der Waals surface area contributed by atoms with Crippen LogP contribution in [0.4, 0.5) is 13.2 Å². The number of rotatable bonds is 5. The van der Waals surface area contributed by atoms with Crippen molar-refractivity contribution in [2.75, 3.05) is 0 Å². The molecule has 0 aliphatic rings. The molecular formula is C54H26F3N7. The van der Waals surface area contributed by atoms with E-state index in [1.807, 2.05) is 48.5 Å². The Morgan fingerprint density at radius 1 is 0.328 bits per heavy atom. The predicted molar refractivity (Wildman–Crippen MR) is 240 cm³/mol. The SMILES string of the molecule is N#Cc1cccc(-c2cc(-n3c4ccccc4c4ccc(-c5cc(C#N)cc(C#N)c5)cc43)c(C(F)(F)F)c(-n3c4ccccc4c4ccc(-c5cc(C#N)cc(C#N)c5)cc43)c2)c1. The van der Waals surface area contributed by atoms with E-state index in [4.69, 9.17) is 0 Å². The standard InChI is InChI=1S/C54H26F3N7/c55-54(56,57)53-51(63-47-10-3-1-8-43(47)45-14-12-38(23-49(45)63)40-19-33(28-59)16-34(20-40)29-60)25-42(37-7-5-6-32(18-37)27-58)26-52(53)64-48-11-4-2-9-44(48)46-15-13-39(24-50(46)64)41-21-35(30-61)17-36(22-41)31-62/h1-26H. The molecule has 0 aliphatic heterocycles. The van der Waals surface area contributed by atoms with E-state index < -0.39 is 11.7 Å². The minimum absolute atomic E-state index is 0.170. The summed E-state index contributed by atoms with van der Waals surface area (Å²) >= 11 is 0. The molecule has 0 aliphatic carbocycles. The van der Waals surface area contributed by atoms with Crippen molar-refractivity contribution in [3.8, 4) is 75.1 Å². The highest BCUT2D eigenvalue weighted by Gasteiger charge is 2.39.